The number of fused-ring (bicyclic) bond motifs is 1. The van der Waals surface area contributed by atoms with Gasteiger partial charge in [-0.1, -0.05) is 30.3 Å². The van der Waals surface area contributed by atoms with Crippen LogP contribution in [0.15, 0.2) is 47.4 Å². The molecule has 8 nitrogen and oxygen atoms in total. The summed E-state index contributed by atoms with van der Waals surface area (Å²) in [4.78, 5) is 44.4. The molecule has 0 bridgehead atoms. The van der Waals surface area contributed by atoms with Crippen LogP contribution in [0, 0.1) is 0 Å². The summed E-state index contributed by atoms with van der Waals surface area (Å²) in [5, 5.41) is 13.6. The molecule has 0 unspecified atom stereocenters. The number of rotatable bonds is 7. The second-order valence-corrected chi connectivity index (χ2v) is 8.79. The van der Waals surface area contributed by atoms with Gasteiger partial charge in [0.25, 0.3) is 11.5 Å². The second-order valence-electron chi connectivity index (χ2n) is 8.79. The van der Waals surface area contributed by atoms with Gasteiger partial charge in [-0.2, -0.15) is 0 Å². The van der Waals surface area contributed by atoms with Gasteiger partial charge in [0, 0.05) is 38.3 Å². The lowest BCUT2D eigenvalue weighted by atomic mass is 10.1. The molecule has 2 fully saturated rings. The number of carbonyl (C=O) groups is 2. The van der Waals surface area contributed by atoms with Crippen LogP contribution in [0.2, 0.25) is 0 Å². The van der Waals surface area contributed by atoms with E-state index < -0.39 is 17.2 Å². The smallest absolute Gasteiger partial charge is 0.267 e. The minimum Gasteiger partial charge on any atom is -0.505 e. The number of aromatic nitrogens is 2. The predicted molar refractivity (Wildman–Crippen MR) is 123 cm³/mol. The molecule has 0 atom stereocenters. The number of pyridine rings is 2. The van der Waals surface area contributed by atoms with E-state index in [-0.39, 0.29) is 29.6 Å². The molecule has 0 spiro atoms. The molecule has 33 heavy (non-hydrogen) atoms. The van der Waals surface area contributed by atoms with Crippen LogP contribution in [0.5, 0.6) is 5.75 Å². The van der Waals surface area contributed by atoms with Crippen LogP contribution in [0.4, 0.5) is 0 Å². The zero-order valence-electron chi connectivity index (χ0n) is 18.3. The third-order valence-electron chi connectivity index (χ3n) is 6.29. The number of nitrogens with zero attached hydrogens (tertiary/aromatic N) is 3. The van der Waals surface area contributed by atoms with Crippen molar-refractivity contribution in [2.24, 2.45) is 0 Å². The SMILES string of the molecule is O=C(NC1CC1)c1c(O)c2ncc(Cc3ccccc3)cc2n(CCN2CCCC2=O)c1=O. The van der Waals surface area contributed by atoms with E-state index in [2.05, 4.69) is 10.3 Å². The van der Waals surface area contributed by atoms with Crippen molar-refractivity contribution >= 4 is 22.8 Å². The molecule has 8 heteroatoms. The fourth-order valence-electron chi connectivity index (χ4n) is 4.35. The Morgan fingerprint density at radius 1 is 1.12 bits per heavy atom. The molecule has 2 amide bonds. The lowest BCUT2D eigenvalue weighted by Crippen LogP contribution is -2.37. The molecule has 170 valence electrons. The molecule has 0 radical (unpaired) electrons. The highest BCUT2D eigenvalue weighted by molar-refractivity contribution is 6.01. The largest absolute Gasteiger partial charge is 0.505 e. The Morgan fingerprint density at radius 2 is 1.91 bits per heavy atom. The average Bonchev–Trinajstić information content (AvgIpc) is 3.53. The van der Waals surface area contributed by atoms with E-state index in [0.717, 1.165) is 30.4 Å². The van der Waals surface area contributed by atoms with Crippen LogP contribution in [0.1, 0.15) is 47.2 Å². The highest BCUT2D eigenvalue weighted by atomic mass is 16.3. The van der Waals surface area contributed by atoms with Gasteiger partial charge in [0.15, 0.2) is 5.75 Å². The van der Waals surface area contributed by atoms with E-state index >= 15 is 0 Å². The predicted octanol–water partition coefficient (Wildman–Crippen LogP) is 2.21. The maximum absolute atomic E-state index is 13.4. The monoisotopic (exact) mass is 446 g/mol. The summed E-state index contributed by atoms with van der Waals surface area (Å²) in [5.74, 6) is -0.906. The van der Waals surface area contributed by atoms with Crippen molar-refractivity contribution < 1.29 is 14.7 Å². The molecule has 1 saturated carbocycles. The summed E-state index contributed by atoms with van der Waals surface area (Å²) < 4.78 is 1.48. The summed E-state index contributed by atoms with van der Waals surface area (Å²) in [6.07, 6.45) is 5.34. The lowest BCUT2D eigenvalue weighted by Gasteiger charge is -2.19. The number of likely N-dealkylation sites (tertiary alicyclic amines) is 1. The summed E-state index contributed by atoms with van der Waals surface area (Å²) in [5.41, 5.74) is 1.79. The average molecular weight is 447 g/mol. The number of benzene rings is 1. The molecule has 1 aliphatic carbocycles. The van der Waals surface area contributed by atoms with Crippen molar-refractivity contribution in [3.63, 3.8) is 0 Å². The van der Waals surface area contributed by atoms with Crippen molar-refractivity contribution in [1.82, 2.24) is 19.8 Å². The highest BCUT2D eigenvalue weighted by Gasteiger charge is 2.29. The fourth-order valence-corrected chi connectivity index (χ4v) is 4.35. The number of nitrogens with one attached hydrogen (secondary N) is 1. The second kappa shape index (κ2) is 8.69. The Morgan fingerprint density at radius 3 is 2.61 bits per heavy atom. The quantitative estimate of drug-likeness (QED) is 0.579. The van der Waals surface area contributed by atoms with Crippen LogP contribution in [-0.2, 0) is 17.8 Å². The Labute approximate surface area is 190 Å². The third-order valence-corrected chi connectivity index (χ3v) is 6.29. The Kier molecular flexibility index (Phi) is 5.58. The molecule has 2 aromatic heterocycles. The molecule has 3 aromatic rings. The molecule has 2 aliphatic rings. The normalized spacial score (nSPS) is 15.9. The van der Waals surface area contributed by atoms with Crippen molar-refractivity contribution in [3.8, 4) is 5.75 Å². The van der Waals surface area contributed by atoms with Crippen LogP contribution in [-0.4, -0.2) is 50.5 Å². The van der Waals surface area contributed by atoms with Crippen LogP contribution in [0.25, 0.3) is 11.0 Å². The molecular formula is C25H26N4O4. The van der Waals surface area contributed by atoms with Crippen molar-refractivity contribution in [3.05, 3.63) is 69.6 Å². The maximum Gasteiger partial charge on any atom is 0.267 e. The fraction of sp³-hybridized carbons (Fsp3) is 0.360. The first-order valence-electron chi connectivity index (χ1n) is 11.4. The van der Waals surface area contributed by atoms with Gasteiger partial charge in [-0.3, -0.25) is 19.4 Å². The van der Waals surface area contributed by atoms with Crippen molar-refractivity contribution in [2.75, 3.05) is 13.1 Å². The van der Waals surface area contributed by atoms with Crippen LogP contribution >= 0.6 is 0 Å². The van der Waals surface area contributed by atoms with E-state index in [1.54, 1.807) is 11.1 Å². The van der Waals surface area contributed by atoms with Gasteiger partial charge in [-0.05, 0) is 42.9 Å². The highest BCUT2D eigenvalue weighted by Crippen LogP contribution is 2.27. The van der Waals surface area contributed by atoms with Crippen molar-refractivity contribution in [2.45, 2.75) is 44.7 Å². The van der Waals surface area contributed by atoms with E-state index in [4.69, 9.17) is 0 Å². The maximum atomic E-state index is 13.4. The number of hydrogen-bond donors (Lipinski definition) is 2. The van der Waals surface area contributed by atoms with Gasteiger partial charge >= 0.3 is 0 Å². The first-order valence-corrected chi connectivity index (χ1v) is 11.4. The molecule has 1 aliphatic heterocycles. The van der Waals surface area contributed by atoms with Gasteiger partial charge in [-0.15, -0.1) is 0 Å². The van der Waals surface area contributed by atoms with Gasteiger partial charge < -0.3 is 19.9 Å². The summed E-state index contributed by atoms with van der Waals surface area (Å²) in [7, 11) is 0. The topological polar surface area (TPSA) is 105 Å². The summed E-state index contributed by atoms with van der Waals surface area (Å²) in [6.45, 7) is 1.25. The standard InChI is InChI=1S/C25H26N4O4/c30-20-7-4-10-28(20)11-12-29-19-14-17(13-16-5-2-1-3-6-16)15-26-22(19)23(31)21(25(29)33)24(32)27-18-8-9-18/h1-3,5-6,14-15,18,31H,4,7-13H2,(H,27,32). The Balaban J connectivity index is 1.57. The van der Waals surface area contributed by atoms with Gasteiger partial charge in [0.05, 0.1) is 5.52 Å². The molecule has 1 saturated heterocycles. The molecule has 3 heterocycles. The van der Waals surface area contributed by atoms with E-state index in [0.29, 0.717) is 31.4 Å². The molecule has 2 N–H and O–H groups in total. The first kappa shape index (κ1) is 21.2. The van der Waals surface area contributed by atoms with Crippen LogP contribution in [0.3, 0.4) is 0 Å². The zero-order chi connectivity index (χ0) is 22.9. The van der Waals surface area contributed by atoms with Gasteiger partial charge in [0.1, 0.15) is 11.1 Å². The minimum absolute atomic E-state index is 0.0453. The lowest BCUT2D eigenvalue weighted by molar-refractivity contribution is -0.127. The number of aromatic hydroxyl groups is 1. The summed E-state index contributed by atoms with van der Waals surface area (Å²) in [6, 6.07) is 11.8. The third kappa shape index (κ3) is 4.33. The minimum atomic E-state index is -0.580. The summed E-state index contributed by atoms with van der Waals surface area (Å²) >= 11 is 0. The van der Waals surface area contributed by atoms with Gasteiger partial charge in [-0.25, -0.2) is 0 Å². The molecular weight excluding hydrogens is 420 g/mol. The Bertz CT molecular complexity index is 1280. The van der Waals surface area contributed by atoms with E-state index in [1.807, 2.05) is 36.4 Å². The van der Waals surface area contributed by atoms with Crippen molar-refractivity contribution in [1.29, 1.82) is 0 Å². The zero-order valence-corrected chi connectivity index (χ0v) is 18.3. The molecule has 5 rings (SSSR count). The first-order chi connectivity index (χ1) is 16.0. The van der Waals surface area contributed by atoms with Gasteiger partial charge in [0.2, 0.25) is 5.91 Å². The molecule has 1 aromatic carbocycles. The Hall–Kier alpha value is -3.68. The number of carbonyl (C=O) groups excluding carboxylic acids is 2. The van der Waals surface area contributed by atoms with Crippen LogP contribution < -0.4 is 10.9 Å². The van der Waals surface area contributed by atoms with E-state index in [1.165, 1.54) is 4.57 Å². The number of amides is 2. The number of hydrogen-bond acceptors (Lipinski definition) is 5. The van der Waals surface area contributed by atoms with E-state index in [9.17, 15) is 19.5 Å².